The number of ether oxygens (including phenoxy) is 13. The molecule has 0 heterocycles. The maximum absolute atomic E-state index is 13.6. The van der Waals surface area contributed by atoms with Crippen molar-refractivity contribution < 1.29 is 141 Å². The molecule has 0 fully saturated rings. The number of carbonyl (C=O) groups excluding carboxylic acids is 6. The van der Waals surface area contributed by atoms with Crippen molar-refractivity contribution in [1.29, 1.82) is 0 Å². The van der Waals surface area contributed by atoms with E-state index in [1.54, 1.807) is 38.1 Å². The molecule has 1 aromatic rings. The van der Waals surface area contributed by atoms with Crippen molar-refractivity contribution in [3.63, 3.8) is 0 Å². The molecule has 7 amide bonds. The molecular weight excluding hydrogens is 1360 g/mol. The van der Waals surface area contributed by atoms with Gasteiger partial charge in [-0.1, -0.05) is 26.0 Å². The fourth-order valence-corrected chi connectivity index (χ4v) is 8.86. The lowest BCUT2D eigenvalue weighted by molar-refractivity contribution is -0.132. The van der Waals surface area contributed by atoms with Gasteiger partial charge in [-0.15, -0.1) is 0 Å². The van der Waals surface area contributed by atoms with Crippen molar-refractivity contribution in [3.05, 3.63) is 29.8 Å². The summed E-state index contributed by atoms with van der Waals surface area (Å²) in [4.78, 5) is 75.8. The van der Waals surface area contributed by atoms with Crippen molar-refractivity contribution in [1.82, 2.24) is 26.2 Å². The van der Waals surface area contributed by atoms with Gasteiger partial charge in [-0.2, -0.15) is 0 Å². The molecule has 0 saturated carbocycles. The van der Waals surface area contributed by atoms with E-state index in [9.17, 15) is 69.6 Å². The van der Waals surface area contributed by atoms with Gasteiger partial charge in [0.25, 0.3) is 0 Å². The number of amides is 7. The molecule has 1 rings (SSSR count). The Morgan fingerprint density at radius 3 is 1.22 bits per heavy atom. The van der Waals surface area contributed by atoms with E-state index in [2.05, 4.69) is 26.6 Å². The summed E-state index contributed by atoms with van der Waals surface area (Å²) < 4.78 is 70.8. The SMILES string of the molecule is CC(C)[C@H](NC(=O)[C@@H](N)CCCCNC(=O)CCOCCOCCOCCOCCOCCOCCOCCOCCOCCOCCOCCOCCN(C[C@H](O)[C@@H](O)[C@H](O)[C@H](O)CO)C[C@H](O)[C@@H](O)[C@H](O)[C@H](O)CO)C(=O)N[C@@H](CCCNC(N)=O)C(=O)Nc1ccc(COC(N)=O)cc1. The van der Waals surface area contributed by atoms with Crippen molar-refractivity contribution in [2.45, 2.75) is 126 Å². The van der Waals surface area contributed by atoms with Crippen molar-refractivity contribution in [2.75, 3.05) is 210 Å². The van der Waals surface area contributed by atoms with Gasteiger partial charge in [0, 0.05) is 44.8 Å². The second-order valence-electron chi connectivity index (χ2n) is 23.4. The van der Waals surface area contributed by atoms with Gasteiger partial charge in [0.15, 0.2) is 0 Å². The molecule has 38 heteroatoms. The van der Waals surface area contributed by atoms with Crippen molar-refractivity contribution in [2.24, 2.45) is 23.1 Å². The van der Waals surface area contributed by atoms with E-state index in [-0.39, 0.29) is 90.2 Å². The molecule has 0 aromatic heterocycles. The lowest BCUT2D eigenvalue weighted by atomic mass is 10.0. The van der Waals surface area contributed by atoms with E-state index in [1.807, 2.05) is 0 Å². The highest BCUT2D eigenvalue weighted by Gasteiger charge is 2.35. The van der Waals surface area contributed by atoms with Crippen molar-refractivity contribution >= 4 is 41.4 Å². The highest BCUT2D eigenvalue weighted by atomic mass is 16.6. The average Bonchev–Trinajstić information content (AvgIpc) is 0.870. The first-order valence-corrected chi connectivity index (χ1v) is 34.3. The summed E-state index contributed by atoms with van der Waals surface area (Å²) in [5, 5.41) is 112. The third-order valence-electron chi connectivity index (χ3n) is 14.7. The second-order valence-corrected chi connectivity index (χ2v) is 23.4. The predicted molar refractivity (Wildman–Crippen MR) is 363 cm³/mol. The monoisotopic (exact) mass is 1480 g/mol. The molecule has 1 aromatic carbocycles. The minimum atomic E-state index is -1.89. The van der Waals surface area contributed by atoms with E-state index in [0.29, 0.717) is 156 Å². The molecule has 0 unspecified atom stereocenters. The van der Waals surface area contributed by atoms with Crippen LogP contribution in [-0.4, -0.2) is 363 Å². The molecule has 0 bridgehead atoms. The zero-order valence-corrected chi connectivity index (χ0v) is 59.0. The minimum absolute atomic E-state index is 0.0121. The first-order valence-electron chi connectivity index (χ1n) is 34.3. The Balaban J connectivity index is 1.99. The van der Waals surface area contributed by atoms with Gasteiger partial charge in [-0.05, 0) is 55.7 Å². The van der Waals surface area contributed by atoms with Crippen LogP contribution in [0.25, 0.3) is 0 Å². The molecule has 11 atom stereocenters. The lowest BCUT2D eigenvalue weighted by Crippen LogP contribution is -2.56. The maximum atomic E-state index is 13.6. The van der Waals surface area contributed by atoms with Crippen LogP contribution in [0.2, 0.25) is 0 Å². The molecule has 0 aliphatic heterocycles. The van der Waals surface area contributed by atoms with Crippen LogP contribution in [0.3, 0.4) is 0 Å². The van der Waals surface area contributed by atoms with Crippen LogP contribution in [0.15, 0.2) is 24.3 Å². The van der Waals surface area contributed by atoms with E-state index in [4.69, 9.17) is 89.0 Å². The van der Waals surface area contributed by atoms with Crippen LogP contribution in [0.5, 0.6) is 0 Å². The topological polar surface area (TPSA) is 566 Å². The van der Waals surface area contributed by atoms with Crippen LogP contribution in [-0.2, 0) is 87.4 Å². The largest absolute Gasteiger partial charge is 0.445 e. The van der Waals surface area contributed by atoms with Gasteiger partial charge in [0.1, 0.15) is 55.3 Å². The lowest BCUT2D eigenvalue weighted by Gasteiger charge is -2.33. The fraction of sp³-hybridized carbons (Fsp3) is 0.812. The van der Waals surface area contributed by atoms with Gasteiger partial charge in [0.2, 0.25) is 23.6 Å². The molecule has 594 valence electrons. The maximum Gasteiger partial charge on any atom is 0.404 e. The van der Waals surface area contributed by atoms with Gasteiger partial charge >= 0.3 is 12.1 Å². The number of urea groups is 1. The second kappa shape index (κ2) is 61.9. The van der Waals surface area contributed by atoms with Crippen LogP contribution >= 0.6 is 0 Å². The van der Waals surface area contributed by atoms with Gasteiger partial charge in [-0.25, -0.2) is 9.59 Å². The third-order valence-corrected chi connectivity index (χ3v) is 14.7. The number of nitrogens with two attached hydrogens (primary N) is 3. The Bertz CT molecular complexity index is 2250. The highest BCUT2D eigenvalue weighted by molar-refractivity contribution is 5.98. The molecule has 0 aliphatic carbocycles. The number of nitrogens with one attached hydrogen (secondary N) is 5. The third kappa shape index (κ3) is 49.4. The summed E-state index contributed by atoms with van der Waals surface area (Å²) in [5.41, 5.74) is 17.4. The molecule has 21 N–H and O–H groups in total. The summed E-state index contributed by atoms with van der Waals surface area (Å²) in [6.07, 6.45) is -13.4. The summed E-state index contributed by atoms with van der Waals surface area (Å²) in [7, 11) is 0. The molecule has 102 heavy (non-hydrogen) atoms. The normalized spacial score (nSPS) is 15.0. The molecule has 0 radical (unpaired) electrons. The average molecular weight is 1480 g/mol. The van der Waals surface area contributed by atoms with Gasteiger partial charge in [0.05, 0.1) is 190 Å². The number of benzene rings is 1. The Morgan fingerprint density at radius 2 is 0.833 bits per heavy atom. The molecule has 0 aliphatic rings. The Kier molecular flexibility index (Phi) is 57.5. The highest BCUT2D eigenvalue weighted by Crippen LogP contribution is 2.15. The summed E-state index contributed by atoms with van der Waals surface area (Å²) in [6, 6.07) is 2.64. The number of unbranched alkanes of at least 4 members (excludes halogenated alkanes) is 1. The molecule has 0 saturated heterocycles. The van der Waals surface area contributed by atoms with Gasteiger partial charge in [-0.3, -0.25) is 24.1 Å². The smallest absolute Gasteiger partial charge is 0.404 e. The summed E-state index contributed by atoms with van der Waals surface area (Å²) >= 11 is 0. The first kappa shape index (κ1) is 94.7. The molecule has 38 nitrogen and oxygen atoms in total. The van der Waals surface area contributed by atoms with E-state index < -0.39 is 123 Å². The number of carbonyl (C=O) groups is 6. The Labute approximate surface area is 596 Å². The van der Waals surface area contributed by atoms with E-state index >= 15 is 0 Å². The molecule has 0 spiro atoms. The standard InChI is InChI=1S/C64H119N9O29/c1-45(2)55(62(87)71-49(7-5-14-69-63(66)88)61(86)70-47-10-8-46(9-11-47)44-102-64(67)89)72-60(85)48(65)6-3-4-13-68-54(80)12-16-90-18-20-92-22-24-94-26-28-96-30-32-98-34-36-100-38-39-101-37-35-99-33-31-97-29-27-95-25-23-93-21-19-91-17-15-73(40-50(76)56(81)58(83)52(78)42-74)41-51(77)57(82)59(84)53(79)43-75/h8-11,45,48-53,55-59,74-79,81-84H,3-7,12-44,65H2,1-2H3,(H2,67,89)(H,68,80)(H,70,86)(H,71,87)(H,72,85)(H3,66,69,88)/t48-,49-,50-,51-,52+,53+,55-,56+,57+,58+,59+/m0/s1. The quantitative estimate of drug-likeness (QED) is 0.0270. The number of nitrogens with zero attached hydrogens (tertiary/aromatic N) is 1. The predicted octanol–water partition coefficient (Wildman–Crippen LogP) is -6.33. The van der Waals surface area contributed by atoms with Crippen LogP contribution in [0, 0.1) is 5.92 Å². The van der Waals surface area contributed by atoms with Crippen molar-refractivity contribution in [3.8, 4) is 0 Å². The molecular formula is C64H119N9O29. The number of rotatable bonds is 69. The number of hydrogen-bond donors (Lipinski definition) is 18. The first-order chi connectivity index (χ1) is 49.0. The number of hydrogen-bond acceptors (Lipinski definition) is 31. The van der Waals surface area contributed by atoms with Gasteiger partial charge < -0.3 is 156 Å². The van der Waals surface area contributed by atoms with Crippen LogP contribution < -0.4 is 43.8 Å². The number of anilines is 1. The van der Waals surface area contributed by atoms with Crippen LogP contribution in [0.4, 0.5) is 15.3 Å². The summed E-state index contributed by atoms with van der Waals surface area (Å²) in [5.74, 6) is -2.30. The number of aliphatic hydroxyl groups is 10. The van der Waals surface area contributed by atoms with E-state index in [0.717, 1.165) is 0 Å². The fourth-order valence-electron chi connectivity index (χ4n) is 8.86. The van der Waals surface area contributed by atoms with E-state index in [1.165, 1.54) is 4.90 Å². The van der Waals surface area contributed by atoms with Crippen LogP contribution in [0.1, 0.15) is 57.9 Å². The Hall–Kier alpha value is -5.32. The zero-order valence-electron chi connectivity index (χ0n) is 59.0. The zero-order chi connectivity index (χ0) is 75.6. The number of primary amides is 2. The minimum Gasteiger partial charge on any atom is -0.445 e. The Morgan fingerprint density at radius 1 is 0.451 bits per heavy atom. The summed E-state index contributed by atoms with van der Waals surface area (Å²) in [6.45, 7) is 9.32. The number of aliphatic hydroxyl groups excluding tert-OH is 10.